The summed E-state index contributed by atoms with van der Waals surface area (Å²) in [6.07, 6.45) is 1.54. The zero-order chi connectivity index (χ0) is 22.2. The first-order valence-corrected chi connectivity index (χ1v) is 10.0. The number of hydrogen-bond acceptors (Lipinski definition) is 6. The molecule has 0 bridgehead atoms. The molecule has 0 aliphatic carbocycles. The van der Waals surface area contributed by atoms with E-state index in [2.05, 4.69) is 15.0 Å². The lowest BCUT2D eigenvalue weighted by Crippen LogP contribution is -2.29. The number of carbonyl (C=O) groups excluding carboxylic acids is 2. The third kappa shape index (κ3) is 6.71. The zero-order valence-electron chi connectivity index (χ0n) is 16.3. The van der Waals surface area contributed by atoms with E-state index in [0.29, 0.717) is 10.7 Å². The highest BCUT2D eigenvalue weighted by atomic mass is 32.1. The zero-order valence-corrected chi connectivity index (χ0v) is 17.1. The monoisotopic (exact) mass is 444 g/mol. The van der Waals surface area contributed by atoms with Crippen LogP contribution in [0.15, 0.2) is 66.1 Å². The van der Waals surface area contributed by atoms with Crippen LogP contribution in [0.25, 0.3) is 17.3 Å². The molecule has 3 aromatic rings. The molecule has 31 heavy (non-hydrogen) atoms. The summed E-state index contributed by atoms with van der Waals surface area (Å²) in [7, 11) is 0. The molecule has 9 heteroatoms. The lowest BCUT2D eigenvalue weighted by molar-refractivity contribution is -0.148. The van der Waals surface area contributed by atoms with Gasteiger partial charge in [-0.05, 0) is 30.7 Å². The molecule has 0 aliphatic rings. The Labute approximate surface area is 181 Å². The molecule has 3 rings (SSSR count). The highest BCUT2D eigenvalue weighted by Crippen LogP contribution is 2.24. The maximum Gasteiger partial charge on any atom is 0.387 e. The number of amides is 1. The van der Waals surface area contributed by atoms with Crippen molar-refractivity contribution in [2.75, 3.05) is 5.32 Å². The Kier molecular flexibility index (Phi) is 7.45. The quantitative estimate of drug-likeness (QED) is 0.391. The van der Waals surface area contributed by atoms with Crippen LogP contribution in [0.2, 0.25) is 0 Å². The summed E-state index contributed by atoms with van der Waals surface area (Å²) in [5.74, 6) is -1.22. The van der Waals surface area contributed by atoms with Crippen LogP contribution in [0, 0.1) is 0 Å². The molecule has 1 N–H and O–H groups in total. The van der Waals surface area contributed by atoms with Crippen LogP contribution in [-0.4, -0.2) is 29.6 Å². The van der Waals surface area contributed by atoms with Gasteiger partial charge in [0.1, 0.15) is 5.75 Å². The van der Waals surface area contributed by atoms with Crippen LogP contribution in [-0.2, 0) is 14.3 Å². The second-order valence-electron chi connectivity index (χ2n) is 6.25. The number of anilines is 1. The van der Waals surface area contributed by atoms with E-state index in [1.54, 1.807) is 0 Å². The van der Waals surface area contributed by atoms with Crippen LogP contribution in [0.5, 0.6) is 5.75 Å². The van der Waals surface area contributed by atoms with E-state index in [4.69, 9.17) is 4.74 Å². The first kappa shape index (κ1) is 22.1. The molecule has 1 unspecified atom stereocenters. The number of benzene rings is 2. The van der Waals surface area contributed by atoms with Crippen LogP contribution in [0.4, 0.5) is 13.9 Å². The highest BCUT2D eigenvalue weighted by Gasteiger charge is 2.18. The lowest BCUT2D eigenvalue weighted by Gasteiger charge is -2.10. The predicted molar refractivity (Wildman–Crippen MR) is 114 cm³/mol. The second kappa shape index (κ2) is 10.4. The normalized spacial score (nSPS) is 12.0. The first-order valence-electron chi connectivity index (χ1n) is 9.16. The van der Waals surface area contributed by atoms with E-state index < -0.39 is 24.6 Å². The fourth-order valence-corrected chi connectivity index (χ4v) is 3.19. The van der Waals surface area contributed by atoms with Gasteiger partial charge < -0.3 is 9.47 Å². The van der Waals surface area contributed by atoms with Gasteiger partial charge in [0.25, 0.3) is 5.91 Å². The Balaban J connectivity index is 1.50. The molecule has 0 saturated heterocycles. The molecule has 0 saturated carbocycles. The van der Waals surface area contributed by atoms with Crippen LogP contribution >= 0.6 is 11.3 Å². The number of nitrogens with zero attached hydrogens (tertiary/aromatic N) is 1. The predicted octanol–water partition coefficient (Wildman–Crippen LogP) is 5.00. The Morgan fingerprint density at radius 2 is 1.81 bits per heavy atom. The van der Waals surface area contributed by atoms with Crippen molar-refractivity contribution in [2.45, 2.75) is 19.6 Å². The van der Waals surface area contributed by atoms with Gasteiger partial charge in [-0.3, -0.25) is 10.1 Å². The van der Waals surface area contributed by atoms with E-state index in [-0.39, 0.29) is 5.75 Å². The second-order valence-corrected chi connectivity index (χ2v) is 7.11. The fourth-order valence-electron chi connectivity index (χ4n) is 2.47. The minimum atomic E-state index is -2.90. The standard InChI is InChI=1S/C22H18F2N2O4S/c1-14(20(28)26-22-25-18(13-31-22)16-5-3-2-4-6-16)29-19(27)12-9-15-7-10-17(11-8-15)30-21(23)24/h2-14,21H,1H3,(H,25,26,28). The number of hydrogen-bond donors (Lipinski definition) is 1. The van der Waals surface area contributed by atoms with Gasteiger partial charge in [0.2, 0.25) is 0 Å². The SMILES string of the molecule is CC(OC(=O)C=Cc1ccc(OC(F)F)cc1)C(=O)Nc1nc(-c2ccccc2)cs1. The number of esters is 1. The Hall–Kier alpha value is -3.59. The molecule has 1 amide bonds. The van der Waals surface area contributed by atoms with E-state index in [1.165, 1.54) is 48.6 Å². The first-order chi connectivity index (χ1) is 14.9. The van der Waals surface area contributed by atoms with Gasteiger partial charge in [-0.15, -0.1) is 11.3 Å². The molecule has 0 spiro atoms. The number of ether oxygens (including phenoxy) is 2. The van der Waals surface area contributed by atoms with Gasteiger partial charge in [-0.2, -0.15) is 8.78 Å². The average Bonchev–Trinajstić information content (AvgIpc) is 3.22. The molecule has 6 nitrogen and oxygen atoms in total. The molecule has 1 heterocycles. The lowest BCUT2D eigenvalue weighted by atomic mass is 10.2. The Morgan fingerprint density at radius 3 is 2.48 bits per heavy atom. The van der Waals surface area contributed by atoms with Crippen molar-refractivity contribution in [1.82, 2.24) is 4.98 Å². The molecule has 0 radical (unpaired) electrons. The maximum absolute atomic E-state index is 12.3. The summed E-state index contributed by atoms with van der Waals surface area (Å²) in [4.78, 5) is 28.6. The minimum Gasteiger partial charge on any atom is -0.449 e. The van der Waals surface area contributed by atoms with E-state index in [0.717, 1.165) is 17.3 Å². The third-order valence-corrected chi connectivity index (χ3v) is 4.74. The smallest absolute Gasteiger partial charge is 0.387 e. The van der Waals surface area contributed by atoms with Crippen molar-refractivity contribution in [3.8, 4) is 17.0 Å². The number of alkyl halides is 2. The van der Waals surface area contributed by atoms with Crippen molar-refractivity contribution in [2.24, 2.45) is 0 Å². The van der Waals surface area contributed by atoms with Gasteiger partial charge in [-0.1, -0.05) is 42.5 Å². The van der Waals surface area contributed by atoms with Gasteiger partial charge in [0, 0.05) is 17.0 Å². The third-order valence-electron chi connectivity index (χ3n) is 3.98. The van der Waals surface area contributed by atoms with Gasteiger partial charge >= 0.3 is 12.6 Å². The van der Waals surface area contributed by atoms with Crippen molar-refractivity contribution in [3.05, 3.63) is 71.6 Å². The molecule has 1 aromatic heterocycles. The largest absolute Gasteiger partial charge is 0.449 e. The number of halogens is 2. The molecule has 2 aromatic carbocycles. The van der Waals surface area contributed by atoms with Gasteiger partial charge in [0.05, 0.1) is 5.69 Å². The van der Waals surface area contributed by atoms with Gasteiger partial charge in [0.15, 0.2) is 11.2 Å². The minimum absolute atomic E-state index is 0.0117. The molecule has 160 valence electrons. The molecule has 1 atom stereocenters. The van der Waals surface area contributed by atoms with Crippen molar-refractivity contribution in [1.29, 1.82) is 0 Å². The number of rotatable bonds is 8. The summed E-state index contributed by atoms with van der Waals surface area (Å²) < 4.78 is 33.6. The van der Waals surface area contributed by atoms with E-state index in [9.17, 15) is 18.4 Å². The summed E-state index contributed by atoms with van der Waals surface area (Å²) in [5, 5.41) is 4.84. The number of nitrogens with one attached hydrogen (secondary N) is 1. The molecular weight excluding hydrogens is 426 g/mol. The van der Waals surface area contributed by atoms with Crippen molar-refractivity contribution < 1.29 is 27.8 Å². The van der Waals surface area contributed by atoms with Gasteiger partial charge in [-0.25, -0.2) is 9.78 Å². The maximum atomic E-state index is 12.3. The topological polar surface area (TPSA) is 77.5 Å². The van der Waals surface area contributed by atoms with E-state index >= 15 is 0 Å². The summed E-state index contributed by atoms with van der Waals surface area (Å²) in [5.41, 5.74) is 2.24. The number of thiazole rings is 1. The number of carbonyl (C=O) groups is 2. The van der Waals surface area contributed by atoms with Crippen molar-refractivity contribution in [3.63, 3.8) is 0 Å². The Morgan fingerprint density at radius 1 is 1.10 bits per heavy atom. The Bertz CT molecular complexity index is 1050. The number of aromatic nitrogens is 1. The molecule has 0 fully saturated rings. The summed E-state index contributed by atoms with van der Waals surface area (Å²) in [6, 6.07) is 15.2. The molecule has 0 aliphatic heterocycles. The van der Waals surface area contributed by atoms with Crippen LogP contribution in [0.3, 0.4) is 0 Å². The van der Waals surface area contributed by atoms with E-state index in [1.807, 2.05) is 35.7 Å². The van der Waals surface area contributed by atoms with Crippen LogP contribution < -0.4 is 10.1 Å². The average molecular weight is 444 g/mol. The van der Waals surface area contributed by atoms with Crippen molar-refractivity contribution >= 4 is 34.4 Å². The fraction of sp³-hybridized carbons (Fsp3) is 0.136. The van der Waals surface area contributed by atoms with Crippen LogP contribution in [0.1, 0.15) is 12.5 Å². The summed E-state index contributed by atoms with van der Waals surface area (Å²) >= 11 is 1.27. The summed E-state index contributed by atoms with van der Waals surface area (Å²) in [6.45, 7) is -1.46. The highest BCUT2D eigenvalue weighted by molar-refractivity contribution is 7.14. The molecular formula is C22H18F2N2O4S.